The molecule has 0 saturated carbocycles. The zero-order valence-corrected chi connectivity index (χ0v) is 9.30. The van der Waals surface area contributed by atoms with E-state index in [9.17, 15) is 9.18 Å². The third kappa shape index (κ3) is 1.10. The van der Waals surface area contributed by atoms with Crippen molar-refractivity contribution in [3.63, 3.8) is 0 Å². The molecular weight excluding hydrogens is 207 g/mol. The SMILES string of the molecule is CC1(C)Cc2c(F)c3c(=O)[nH]ccc3n2C1. The van der Waals surface area contributed by atoms with Crippen LogP contribution in [0, 0.1) is 11.2 Å². The Kier molecular flexibility index (Phi) is 1.66. The highest BCUT2D eigenvalue weighted by molar-refractivity contribution is 5.81. The molecule has 1 N–H and O–H groups in total. The van der Waals surface area contributed by atoms with Crippen LogP contribution >= 0.6 is 0 Å². The van der Waals surface area contributed by atoms with Crippen LogP contribution in [0.3, 0.4) is 0 Å². The van der Waals surface area contributed by atoms with Crippen LogP contribution in [-0.2, 0) is 13.0 Å². The minimum absolute atomic E-state index is 0.0764. The van der Waals surface area contributed by atoms with E-state index in [1.165, 1.54) is 0 Å². The molecule has 3 rings (SSSR count). The van der Waals surface area contributed by atoms with Crippen LogP contribution in [0.15, 0.2) is 17.1 Å². The molecule has 0 unspecified atom stereocenters. The lowest BCUT2D eigenvalue weighted by Gasteiger charge is -2.15. The van der Waals surface area contributed by atoms with E-state index in [-0.39, 0.29) is 22.2 Å². The van der Waals surface area contributed by atoms with E-state index >= 15 is 0 Å². The van der Waals surface area contributed by atoms with E-state index in [0.717, 1.165) is 6.54 Å². The molecule has 0 saturated heterocycles. The molecular formula is C12H13FN2O. The first kappa shape index (κ1) is 9.63. The van der Waals surface area contributed by atoms with E-state index in [4.69, 9.17) is 0 Å². The van der Waals surface area contributed by atoms with Crippen molar-refractivity contribution in [1.29, 1.82) is 0 Å². The minimum Gasteiger partial charge on any atom is -0.341 e. The van der Waals surface area contributed by atoms with Crippen LogP contribution in [0.25, 0.3) is 10.9 Å². The van der Waals surface area contributed by atoms with Gasteiger partial charge in [0.2, 0.25) is 0 Å². The van der Waals surface area contributed by atoms with Crippen LogP contribution in [0.1, 0.15) is 19.5 Å². The summed E-state index contributed by atoms with van der Waals surface area (Å²) in [5.74, 6) is -0.345. The van der Waals surface area contributed by atoms with Gasteiger partial charge in [-0.1, -0.05) is 13.8 Å². The molecule has 2 aromatic rings. The van der Waals surface area contributed by atoms with Gasteiger partial charge in [-0.15, -0.1) is 0 Å². The van der Waals surface area contributed by atoms with Crippen LogP contribution < -0.4 is 5.56 Å². The average Bonchev–Trinajstić information content (AvgIpc) is 2.63. The van der Waals surface area contributed by atoms with Gasteiger partial charge in [0.05, 0.1) is 11.2 Å². The second-order valence-electron chi connectivity index (χ2n) is 5.25. The lowest BCUT2D eigenvalue weighted by molar-refractivity contribution is 0.361. The Morgan fingerprint density at radius 2 is 2.25 bits per heavy atom. The summed E-state index contributed by atoms with van der Waals surface area (Å²) in [7, 11) is 0. The normalized spacial score (nSPS) is 17.9. The van der Waals surface area contributed by atoms with Gasteiger partial charge in [0, 0.05) is 12.7 Å². The topological polar surface area (TPSA) is 37.8 Å². The van der Waals surface area contributed by atoms with Crippen LogP contribution in [0.4, 0.5) is 4.39 Å². The van der Waals surface area contributed by atoms with Gasteiger partial charge in [0.25, 0.3) is 5.56 Å². The maximum Gasteiger partial charge on any atom is 0.260 e. The summed E-state index contributed by atoms with van der Waals surface area (Å²) in [5.41, 5.74) is 1.11. The molecule has 0 spiro atoms. The zero-order valence-electron chi connectivity index (χ0n) is 9.30. The van der Waals surface area contributed by atoms with Crippen LogP contribution in [0.2, 0.25) is 0 Å². The summed E-state index contributed by atoms with van der Waals surface area (Å²) in [6.07, 6.45) is 2.26. The summed E-state index contributed by atoms with van der Waals surface area (Å²) < 4.78 is 16.0. The van der Waals surface area contributed by atoms with E-state index in [1.807, 2.05) is 4.57 Å². The second-order valence-corrected chi connectivity index (χ2v) is 5.25. The van der Waals surface area contributed by atoms with Crippen molar-refractivity contribution in [2.24, 2.45) is 5.41 Å². The number of halogens is 1. The Morgan fingerprint density at radius 1 is 1.50 bits per heavy atom. The number of H-pyrrole nitrogens is 1. The number of fused-ring (bicyclic) bond motifs is 3. The highest BCUT2D eigenvalue weighted by atomic mass is 19.1. The molecule has 16 heavy (non-hydrogen) atoms. The molecule has 0 bridgehead atoms. The monoisotopic (exact) mass is 220 g/mol. The summed E-state index contributed by atoms with van der Waals surface area (Å²) in [4.78, 5) is 14.1. The number of nitrogens with one attached hydrogen (secondary N) is 1. The van der Waals surface area contributed by atoms with Crippen molar-refractivity contribution in [3.05, 3.63) is 34.1 Å². The molecule has 3 nitrogen and oxygen atoms in total. The van der Waals surface area contributed by atoms with Gasteiger partial charge in [-0.25, -0.2) is 4.39 Å². The van der Waals surface area contributed by atoms with Crippen molar-refractivity contribution >= 4 is 10.9 Å². The fourth-order valence-corrected chi connectivity index (χ4v) is 2.60. The number of rotatable bonds is 0. The average molecular weight is 220 g/mol. The lowest BCUT2D eigenvalue weighted by Crippen LogP contribution is -2.14. The minimum atomic E-state index is -0.345. The van der Waals surface area contributed by atoms with Crippen molar-refractivity contribution in [2.45, 2.75) is 26.8 Å². The Bertz CT molecular complexity index is 636. The molecule has 4 heteroatoms. The van der Waals surface area contributed by atoms with Crippen molar-refractivity contribution in [3.8, 4) is 0 Å². The summed E-state index contributed by atoms with van der Waals surface area (Å²) in [5, 5.41) is 0.202. The maximum absolute atomic E-state index is 14.1. The lowest BCUT2D eigenvalue weighted by atomic mass is 9.91. The molecule has 0 fully saturated rings. The second kappa shape index (κ2) is 2.75. The predicted octanol–water partition coefficient (Wildman–Crippen LogP) is 2.05. The number of nitrogens with zero attached hydrogens (tertiary/aromatic N) is 1. The quantitative estimate of drug-likeness (QED) is 0.725. The van der Waals surface area contributed by atoms with Gasteiger partial charge < -0.3 is 9.55 Å². The Balaban J connectivity index is 2.41. The molecule has 84 valence electrons. The molecule has 1 aliphatic rings. The van der Waals surface area contributed by atoms with Crippen molar-refractivity contribution < 1.29 is 4.39 Å². The summed E-state index contributed by atoms with van der Waals surface area (Å²) >= 11 is 0. The fraction of sp³-hybridized carbons (Fsp3) is 0.417. The van der Waals surface area contributed by atoms with Gasteiger partial charge in [-0.3, -0.25) is 4.79 Å². The molecule has 0 amide bonds. The van der Waals surface area contributed by atoms with E-state index in [2.05, 4.69) is 18.8 Å². The molecule has 0 atom stereocenters. The number of hydrogen-bond acceptors (Lipinski definition) is 1. The van der Waals surface area contributed by atoms with Gasteiger partial charge in [0.1, 0.15) is 5.39 Å². The highest BCUT2D eigenvalue weighted by Crippen LogP contribution is 2.37. The van der Waals surface area contributed by atoms with Gasteiger partial charge in [-0.05, 0) is 17.9 Å². The first-order valence-corrected chi connectivity index (χ1v) is 5.38. The molecule has 3 heterocycles. The highest BCUT2D eigenvalue weighted by Gasteiger charge is 2.33. The van der Waals surface area contributed by atoms with E-state index in [0.29, 0.717) is 17.6 Å². The molecule has 0 aromatic carbocycles. The molecule has 0 radical (unpaired) electrons. The van der Waals surface area contributed by atoms with Gasteiger partial charge in [0.15, 0.2) is 5.82 Å². The summed E-state index contributed by atoms with van der Waals surface area (Å²) in [6.45, 7) is 4.99. The molecule has 2 aromatic heterocycles. The summed E-state index contributed by atoms with van der Waals surface area (Å²) in [6, 6.07) is 1.77. The molecule has 0 aliphatic carbocycles. The predicted molar refractivity (Wildman–Crippen MR) is 60.0 cm³/mol. The largest absolute Gasteiger partial charge is 0.341 e. The maximum atomic E-state index is 14.1. The standard InChI is InChI=1S/C12H13FN2O/c1-12(2)5-8-10(13)9-7(15(8)6-12)3-4-14-11(9)16/h3-4H,5-6H2,1-2H3,(H,14,16). The number of aromatic nitrogens is 2. The Labute approximate surface area is 91.9 Å². The Morgan fingerprint density at radius 3 is 3.00 bits per heavy atom. The number of hydrogen-bond donors (Lipinski definition) is 1. The smallest absolute Gasteiger partial charge is 0.260 e. The van der Waals surface area contributed by atoms with Crippen molar-refractivity contribution in [1.82, 2.24) is 9.55 Å². The van der Waals surface area contributed by atoms with E-state index < -0.39 is 0 Å². The van der Waals surface area contributed by atoms with Crippen LogP contribution in [0.5, 0.6) is 0 Å². The van der Waals surface area contributed by atoms with Crippen molar-refractivity contribution in [2.75, 3.05) is 0 Å². The fourth-order valence-electron chi connectivity index (χ4n) is 2.60. The van der Waals surface area contributed by atoms with E-state index in [1.54, 1.807) is 12.3 Å². The first-order chi connectivity index (χ1) is 7.49. The third-order valence-electron chi connectivity index (χ3n) is 3.26. The number of pyridine rings is 1. The molecule has 1 aliphatic heterocycles. The van der Waals surface area contributed by atoms with Crippen LogP contribution in [-0.4, -0.2) is 9.55 Å². The van der Waals surface area contributed by atoms with Gasteiger partial charge >= 0.3 is 0 Å². The zero-order chi connectivity index (χ0) is 11.5. The van der Waals surface area contributed by atoms with Gasteiger partial charge in [-0.2, -0.15) is 0 Å². The first-order valence-electron chi connectivity index (χ1n) is 5.38. The Hall–Kier alpha value is -1.58. The third-order valence-corrected chi connectivity index (χ3v) is 3.26. The number of aromatic amines is 1.